The fourth-order valence-electron chi connectivity index (χ4n) is 3.09. The number of hydrogen-bond acceptors (Lipinski definition) is 2. The lowest BCUT2D eigenvalue weighted by atomic mass is 9.85. The number of amides is 2. The summed E-state index contributed by atoms with van der Waals surface area (Å²) in [6.07, 6.45) is 1.81. The molecule has 21 heavy (non-hydrogen) atoms. The number of benzene rings is 1. The second kappa shape index (κ2) is 5.18. The van der Waals surface area contributed by atoms with Crippen molar-refractivity contribution in [3.8, 4) is 0 Å². The van der Waals surface area contributed by atoms with Gasteiger partial charge in [0.2, 0.25) is 0 Å². The van der Waals surface area contributed by atoms with E-state index in [0.717, 1.165) is 29.0 Å². The number of nitrogens with zero attached hydrogens (tertiary/aromatic N) is 1. The van der Waals surface area contributed by atoms with Crippen molar-refractivity contribution in [2.45, 2.75) is 38.3 Å². The Labute approximate surface area is 130 Å². The van der Waals surface area contributed by atoms with Crippen molar-refractivity contribution in [2.24, 2.45) is 5.92 Å². The number of aliphatic hydroxyl groups is 1. The van der Waals surface area contributed by atoms with Crippen LogP contribution in [0.25, 0.3) is 0 Å². The summed E-state index contributed by atoms with van der Waals surface area (Å²) in [4.78, 5) is 14.0. The van der Waals surface area contributed by atoms with Gasteiger partial charge in [0.15, 0.2) is 0 Å². The first kappa shape index (κ1) is 14.7. The number of urea groups is 1. The Hall–Kier alpha value is -1.26. The predicted molar refractivity (Wildman–Crippen MR) is 82.4 cm³/mol. The molecule has 5 heteroatoms. The number of hydrogen-bond donors (Lipinski definition) is 2. The summed E-state index contributed by atoms with van der Waals surface area (Å²) in [6.45, 7) is 4.82. The molecule has 114 valence electrons. The van der Waals surface area contributed by atoms with E-state index in [2.05, 4.69) is 5.32 Å². The minimum Gasteiger partial charge on any atom is -0.390 e. The van der Waals surface area contributed by atoms with Crippen LogP contribution in [-0.4, -0.2) is 34.7 Å². The summed E-state index contributed by atoms with van der Waals surface area (Å²) < 4.78 is 0. The highest BCUT2D eigenvalue weighted by molar-refractivity contribution is 6.31. The van der Waals surface area contributed by atoms with E-state index < -0.39 is 5.60 Å². The molecule has 0 bridgehead atoms. The summed E-state index contributed by atoms with van der Waals surface area (Å²) in [5, 5.41) is 13.8. The number of carbonyl (C=O) groups excluding carboxylic acids is 1. The number of likely N-dealkylation sites (tertiary alicyclic amines) is 1. The summed E-state index contributed by atoms with van der Waals surface area (Å²) in [5.74, 6) is 0.161. The van der Waals surface area contributed by atoms with Crippen LogP contribution in [0.15, 0.2) is 18.2 Å². The number of carbonyl (C=O) groups is 1. The van der Waals surface area contributed by atoms with Gasteiger partial charge in [0.05, 0.1) is 11.6 Å². The van der Waals surface area contributed by atoms with E-state index in [1.165, 1.54) is 0 Å². The van der Waals surface area contributed by atoms with E-state index in [4.69, 9.17) is 11.6 Å². The van der Waals surface area contributed by atoms with Crippen LogP contribution in [0.1, 0.15) is 37.4 Å². The summed E-state index contributed by atoms with van der Waals surface area (Å²) >= 11 is 6.19. The van der Waals surface area contributed by atoms with Gasteiger partial charge in [-0.15, -0.1) is 0 Å². The molecule has 1 aliphatic heterocycles. The van der Waals surface area contributed by atoms with Crippen molar-refractivity contribution < 1.29 is 9.90 Å². The Kier molecular flexibility index (Phi) is 3.62. The Morgan fingerprint density at radius 2 is 2.14 bits per heavy atom. The summed E-state index contributed by atoms with van der Waals surface area (Å²) in [5.41, 5.74) is 1.57. The number of rotatable bonds is 2. The van der Waals surface area contributed by atoms with Gasteiger partial charge in [-0.05, 0) is 43.9 Å². The van der Waals surface area contributed by atoms with Crippen LogP contribution in [0.3, 0.4) is 0 Å². The molecule has 1 unspecified atom stereocenters. The largest absolute Gasteiger partial charge is 0.390 e. The number of halogens is 1. The van der Waals surface area contributed by atoms with Crippen LogP contribution >= 0.6 is 11.6 Å². The van der Waals surface area contributed by atoms with Gasteiger partial charge < -0.3 is 15.3 Å². The van der Waals surface area contributed by atoms with Gasteiger partial charge in [-0.3, -0.25) is 0 Å². The highest BCUT2D eigenvalue weighted by atomic mass is 35.5. The standard InChI is InChI=1S/C16H21ClN2O2/c1-16(2,21)10-8-19(9-10)15(20)18-14-7-6-11-12(14)4-3-5-13(11)17/h3-5,10,14,21H,6-9H2,1-2H3,(H,18,20). The Balaban J connectivity index is 1.60. The molecule has 2 aliphatic rings. The molecule has 0 aromatic heterocycles. The topological polar surface area (TPSA) is 52.6 Å². The maximum atomic E-state index is 12.2. The van der Waals surface area contributed by atoms with Crippen molar-refractivity contribution in [1.82, 2.24) is 10.2 Å². The van der Waals surface area contributed by atoms with E-state index in [1.54, 1.807) is 18.7 Å². The molecule has 1 saturated heterocycles. The van der Waals surface area contributed by atoms with Crippen LogP contribution in [-0.2, 0) is 6.42 Å². The first-order valence-corrected chi connectivity index (χ1v) is 7.79. The van der Waals surface area contributed by atoms with Gasteiger partial charge in [0.25, 0.3) is 0 Å². The molecule has 1 aromatic carbocycles. The Morgan fingerprint density at radius 3 is 2.81 bits per heavy atom. The minimum absolute atomic E-state index is 0.0478. The van der Waals surface area contributed by atoms with Crippen molar-refractivity contribution >= 4 is 17.6 Å². The van der Waals surface area contributed by atoms with E-state index >= 15 is 0 Å². The first-order chi connectivity index (χ1) is 9.86. The van der Waals surface area contributed by atoms with Gasteiger partial charge in [-0.1, -0.05) is 23.7 Å². The normalized spacial score (nSPS) is 21.9. The lowest BCUT2D eigenvalue weighted by molar-refractivity contribution is -0.0460. The second-order valence-corrected chi connectivity index (χ2v) is 7.01. The molecular formula is C16H21ClN2O2. The van der Waals surface area contributed by atoms with E-state index in [-0.39, 0.29) is 18.0 Å². The zero-order chi connectivity index (χ0) is 15.2. The minimum atomic E-state index is -0.718. The van der Waals surface area contributed by atoms with E-state index in [0.29, 0.717) is 13.1 Å². The van der Waals surface area contributed by atoms with Gasteiger partial charge in [0, 0.05) is 24.0 Å². The molecule has 2 N–H and O–H groups in total. The average Bonchev–Trinajstić information content (AvgIpc) is 2.70. The quantitative estimate of drug-likeness (QED) is 0.882. The SMILES string of the molecule is CC(C)(O)C1CN(C(=O)NC2CCc3c(Cl)cccc32)C1. The molecule has 1 heterocycles. The van der Waals surface area contributed by atoms with Crippen LogP contribution in [0.2, 0.25) is 5.02 Å². The third-order valence-corrected chi connectivity index (χ3v) is 5.03. The van der Waals surface area contributed by atoms with Gasteiger partial charge in [0.1, 0.15) is 0 Å². The number of nitrogens with one attached hydrogen (secondary N) is 1. The Bertz CT molecular complexity index is 562. The van der Waals surface area contributed by atoms with Crippen LogP contribution in [0.4, 0.5) is 4.79 Å². The summed E-state index contributed by atoms with van der Waals surface area (Å²) in [6, 6.07) is 5.86. The molecule has 0 saturated carbocycles. The van der Waals surface area contributed by atoms with Crippen LogP contribution in [0.5, 0.6) is 0 Å². The lowest BCUT2D eigenvalue weighted by Crippen LogP contribution is -2.60. The fourth-order valence-corrected chi connectivity index (χ4v) is 3.37. The van der Waals surface area contributed by atoms with Gasteiger partial charge in [-0.2, -0.15) is 0 Å². The molecule has 1 aliphatic carbocycles. The van der Waals surface area contributed by atoms with Crippen molar-refractivity contribution in [3.05, 3.63) is 34.3 Å². The molecule has 0 spiro atoms. The fraction of sp³-hybridized carbons (Fsp3) is 0.562. The second-order valence-electron chi connectivity index (χ2n) is 6.60. The zero-order valence-corrected chi connectivity index (χ0v) is 13.2. The van der Waals surface area contributed by atoms with E-state index in [9.17, 15) is 9.90 Å². The smallest absolute Gasteiger partial charge is 0.317 e. The number of fused-ring (bicyclic) bond motifs is 1. The molecule has 3 rings (SSSR count). The predicted octanol–water partition coefficient (Wildman–Crippen LogP) is 2.74. The third-order valence-electron chi connectivity index (χ3n) is 4.68. The first-order valence-electron chi connectivity index (χ1n) is 7.41. The van der Waals surface area contributed by atoms with E-state index in [1.807, 2.05) is 18.2 Å². The van der Waals surface area contributed by atoms with Gasteiger partial charge >= 0.3 is 6.03 Å². The zero-order valence-electron chi connectivity index (χ0n) is 12.4. The molecule has 1 aromatic rings. The molecule has 0 radical (unpaired) electrons. The average molecular weight is 309 g/mol. The Morgan fingerprint density at radius 1 is 1.43 bits per heavy atom. The van der Waals surface area contributed by atoms with Crippen molar-refractivity contribution in [3.63, 3.8) is 0 Å². The highest BCUT2D eigenvalue weighted by Gasteiger charge is 2.40. The highest BCUT2D eigenvalue weighted by Crippen LogP contribution is 2.36. The van der Waals surface area contributed by atoms with Crippen LogP contribution in [0, 0.1) is 5.92 Å². The molecular weight excluding hydrogens is 288 g/mol. The molecule has 2 amide bonds. The van der Waals surface area contributed by atoms with Gasteiger partial charge in [-0.25, -0.2) is 4.79 Å². The summed E-state index contributed by atoms with van der Waals surface area (Å²) in [7, 11) is 0. The molecule has 4 nitrogen and oxygen atoms in total. The molecule has 1 atom stereocenters. The van der Waals surface area contributed by atoms with Crippen molar-refractivity contribution in [2.75, 3.05) is 13.1 Å². The lowest BCUT2D eigenvalue weighted by Gasteiger charge is -2.45. The van der Waals surface area contributed by atoms with Crippen molar-refractivity contribution in [1.29, 1.82) is 0 Å². The third kappa shape index (κ3) is 2.74. The van der Waals surface area contributed by atoms with Crippen LogP contribution < -0.4 is 5.32 Å². The monoisotopic (exact) mass is 308 g/mol. The maximum Gasteiger partial charge on any atom is 0.317 e. The maximum absolute atomic E-state index is 12.2. The molecule has 1 fully saturated rings.